The largest absolute Gasteiger partial charge is 0.334 e. The maximum atomic E-state index is 12.3. The number of carbonyl (C=O) groups excluding carboxylic acids is 2. The number of urea groups is 1. The van der Waals surface area contributed by atoms with Crippen LogP contribution >= 0.6 is 0 Å². The Kier molecular flexibility index (Phi) is 5.35. The van der Waals surface area contributed by atoms with Crippen molar-refractivity contribution >= 4 is 23.3 Å². The molecule has 0 radical (unpaired) electrons. The second-order valence-corrected chi connectivity index (χ2v) is 6.41. The Balaban J connectivity index is 1.61. The number of likely N-dealkylation sites (tertiary alicyclic amines) is 1. The molecule has 1 aliphatic heterocycles. The minimum absolute atomic E-state index is 0.0395. The molecule has 140 valence electrons. The van der Waals surface area contributed by atoms with Gasteiger partial charge in [-0.1, -0.05) is 42.5 Å². The molecule has 27 heavy (non-hydrogen) atoms. The van der Waals surface area contributed by atoms with Gasteiger partial charge in [0.1, 0.15) is 5.69 Å². The van der Waals surface area contributed by atoms with Gasteiger partial charge in [0.15, 0.2) is 0 Å². The Morgan fingerprint density at radius 2 is 1.85 bits per heavy atom. The van der Waals surface area contributed by atoms with Crippen LogP contribution in [0.2, 0.25) is 0 Å². The van der Waals surface area contributed by atoms with Crippen LogP contribution in [0.4, 0.5) is 16.2 Å². The summed E-state index contributed by atoms with van der Waals surface area (Å²) < 4.78 is 0. The molecule has 0 bridgehead atoms. The van der Waals surface area contributed by atoms with Crippen molar-refractivity contribution in [1.29, 1.82) is 0 Å². The molecule has 2 aromatic rings. The minimum Gasteiger partial charge on any atom is -0.334 e. The molecule has 0 saturated carbocycles. The first-order valence-corrected chi connectivity index (χ1v) is 8.61. The average molecular weight is 368 g/mol. The van der Waals surface area contributed by atoms with E-state index in [-0.39, 0.29) is 35.8 Å². The number of nitro groups is 1. The molecular weight excluding hydrogens is 348 g/mol. The summed E-state index contributed by atoms with van der Waals surface area (Å²) in [7, 11) is 0. The fraction of sp³-hybridized carbons (Fsp3) is 0.263. The first kappa shape index (κ1) is 18.4. The van der Waals surface area contributed by atoms with Crippen molar-refractivity contribution in [3.63, 3.8) is 0 Å². The van der Waals surface area contributed by atoms with Gasteiger partial charge in [-0.2, -0.15) is 0 Å². The summed E-state index contributed by atoms with van der Waals surface area (Å²) in [5.74, 6) is -0.0395. The van der Waals surface area contributed by atoms with Gasteiger partial charge in [0.25, 0.3) is 5.69 Å². The number of hydrogen-bond donors (Lipinski definition) is 2. The van der Waals surface area contributed by atoms with E-state index >= 15 is 0 Å². The Morgan fingerprint density at radius 3 is 2.56 bits per heavy atom. The van der Waals surface area contributed by atoms with Gasteiger partial charge >= 0.3 is 6.03 Å². The van der Waals surface area contributed by atoms with Gasteiger partial charge in [-0.05, 0) is 18.6 Å². The molecule has 2 N–H and O–H groups in total. The minimum atomic E-state index is -0.573. The number of anilines is 1. The second-order valence-electron chi connectivity index (χ2n) is 6.41. The molecule has 1 fully saturated rings. The van der Waals surface area contributed by atoms with E-state index in [2.05, 4.69) is 10.6 Å². The molecule has 3 amide bonds. The summed E-state index contributed by atoms with van der Waals surface area (Å²) in [6, 6.07) is 14.6. The number of rotatable bonds is 5. The third-order valence-corrected chi connectivity index (χ3v) is 4.59. The first-order chi connectivity index (χ1) is 13.0. The van der Waals surface area contributed by atoms with Crippen LogP contribution in [0.5, 0.6) is 0 Å². The van der Waals surface area contributed by atoms with Gasteiger partial charge in [0.05, 0.1) is 17.0 Å². The van der Waals surface area contributed by atoms with Crippen molar-refractivity contribution in [3.05, 3.63) is 70.3 Å². The highest BCUT2D eigenvalue weighted by molar-refractivity contribution is 5.92. The Morgan fingerprint density at radius 1 is 1.19 bits per heavy atom. The summed E-state index contributed by atoms with van der Waals surface area (Å²) >= 11 is 0. The number of nitrogens with one attached hydrogen (secondary N) is 2. The molecule has 2 aromatic carbocycles. The monoisotopic (exact) mass is 368 g/mol. The van der Waals surface area contributed by atoms with Crippen LogP contribution in [0.1, 0.15) is 24.9 Å². The zero-order valence-corrected chi connectivity index (χ0v) is 14.8. The lowest BCUT2D eigenvalue weighted by atomic mass is 10.1. The molecule has 1 aliphatic rings. The van der Waals surface area contributed by atoms with E-state index in [4.69, 9.17) is 0 Å². The lowest BCUT2D eigenvalue weighted by Crippen LogP contribution is -2.40. The van der Waals surface area contributed by atoms with Gasteiger partial charge in [-0.25, -0.2) is 4.79 Å². The normalized spacial score (nSPS) is 17.4. The van der Waals surface area contributed by atoms with Crippen LogP contribution in [0.25, 0.3) is 0 Å². The van der Waals surface area contributed by atoms with Crippen molar-refractivity contribution in [2.24, 2.45) is 0 Å². The highest BCUT2D eigenvalue weighted by atomic mass is 16.6. The lowest BCUT2D eigenvalue weighted by Gasteiger charge is -2.25. The molecule has 2 atom stereocenters. The van der Waals surface area contributed by atoms with E-state index in [1.54, 1.807) is 11.0 Å². The SMILES string of the molecule is CC(c1ccccc1)N1CC(NC(=O)Nc2ccccc2[N+](=O)[O-])CC1=O. The fourth-order valence-electron chi connectivity index (χ4n) is 3.20. The van der Waals surface area contributed by atoms with E-state index < -0.39 is 11.0 Å². The maximum absolute atomic E-state index is 12.3. The van der Waals surface area contributed by atoms with E-state index in [9.17, 15) is 19.7 Å². The Hall–Kier alpha value is -3.42. The van der Waals surface area contributed by atoms with Gasteiger partial charge < -0.3 is 15.5 Å². The number of amides is 3. The number of hydrogen-bond acceptors (Lipinski definition) is 4. The zero-order chi connectivity index (χ0) is 19.4. The summed E-state index contributed by atoms with van der Waals surface area (Å²) in [5, 5.41) is 16.2. The molecule has 0 aromatic heterocycles. The molecule has 0 spiro atoms. The van der Waals surface area contributed by atoms with Crippen LogP contribution in [0.3, 0.4) is 0 Å². The molecular formula is C19H20N4O4. The topological polar surface area (TPSA) is 105 Å². The van der Waals surface area contributed by atoms with Crippen LogP contribution in [0.15, 0.2) is 54.6 Å². The number of carbonyl (C=O) groups is 2. The van der Waals surface area contributed by atoms with Crippen molar-refractivity contribution < 1.29 is 14.5 Å². The standard InChI is InChI=1S/C19H20N4O4/c1-13(14-7-3-2-4-8-14)22-12-15(11-18(22)24)20-19(25)21-16-9-5-6-10-17(16)23(26)27/h2-10,13,15H,11-12H2,1H3,(H2,20,21,25). The maximum Gasteiger partial charge on any atom is 0.319 e. The number of nitrogens with zero attached hydrogens (tertiary/aromatic N) is 2. The van der Waals surface area contributed by atoms with Crippen molar-refractivity contribution in [3.8, 4) is 0 Å². The Bertz CT molecular complexity index is 856. The second kappa shape index (κ2) is 7.86. The Labute approximate surface area is 156 Å². The summed E-state index contributed by atoms with van der Waals surface area (Å²) in [6.07, 6.45) is 0.196. The van der Waals surface area contributed by atoms with Crippen molar-refractivity contribution in [2.75, 3.05) is 11.9 Å². The molecule has 0 aliphatic carbocycles. The molecule has 8 heteroatoms. The molecule has 8 nitrogen and oxygen atoms in total. The summed E-state index contributed by atoms with van der Waals surface area (Å²) in [6.45, 7) is 2.34. The van der Waals surface area contributed by atoms with Crippen LogP contribution < -0.4 is 10.6 Å². The summed E-state index contributed by atoms with van der Waals surface area (Å²) in [5.41, 5.74) is 0.948. The molecule has 2 unspecified atom stereocenters. The van der Waals surface area contributed by atoms with E-state index in [0.29, 0.717) is 6.54 Å². The van der Waals surface area contributed by atoms with Gasteiger partial charge in [-0.15, -0.1) is 0 Å². The first-order valence-electron chi connectivity index (χ1n) is 8.61. The molecule has 1 heterocycles. The van der Waals surface area contributed by atoms with Crippen LogP contribution in [-0.4, -0.2) is 34.3 Å². The zero-order valence-electron chi connectivity index (χ0n) is 14.8. The van der Waals surface area contributed by atoms with Gasteiger partial charge in [0, 0.05) is 19.0 Å². The highest BCUT2D eigenvalue weighted by Gasteiger charge is 2.34. The van der Waals surface area contributed by atoms with E-state index in [0.717, 1.165) is 5.56 Å². The molecule has 3 rings (SSSR count). The third-order valence-electron chi connectivity index (χ3n) is 4.59. The predicted octanol–water partition coefficient (Wildman–Crippen LogP) is 3.08. The third kappa shape index (κ3) is 4.22. The lowest BCUT2D eigenvalue weighted by molar-refractivity contribution is -0.383. The van der Waals surface area contributed by atoms with E-state index in [1.165, 1.54) is 18.2 Å². The quantitative estimate of drug-likeness (QED) is 0.625. The number of nitro benzene ring substituents is 1. The highest BCUT2D eigenvalue weighted by Crippen LogP contribution is 2.26. The number of para-hydroxylation sites is 2. The summed E-state index contributed by atoms with van der Waals surface area (Å²) in [4.78, 5) is 36.8. The van der Waals surface area contributed by atoms with Crippen molar-refractivity contribution in [1.82, 2.24) is 10.2 Å². The van der Waals surface area contributed by atoms with Crippen molar-refractivity contribution in [2.45, 2.75) is 25.4 Å². The van der Waals surface area contributed by atoms with Crippen LogP contribution in [-0.2, 0) is 4.79 Å². The van der Waals surface area contributed by atoms with E-state index in [1.807, 2.05) is 37.3 Å². The fourth-order valence-corrected chi connectivity index (χ4v) is 3.20. The van der Waals surface area contributed by atoms with Gasteiger partial charge in [0.2, 0.25) is 5.91 Å². The van der Waals surface area contributed by atoms with Crippen LogP contribution in [0, 0.1) is 10.1 Å². The average Bonchev–Trinajstić information content (AvgIpc) is 3.02. The molecule has 1 saturated heterocycles. The smallest absolute Gasteiger partial charge is 0.319 e. The van der Waals surface area contributed by atoms with Gasteiger partial charge in [-0.3, -0.25) is 14.9 Å². The number of benzene rings is 2. The predicted molar refractivity (Wildman–Crippen MR) is 100 cm³/mol.